The van der Waals surface area contributed by atoms with Crippen molar-refractivity contribution in [2.75, 3.05) is 0 Å². The molecule has 126 valence electrons. The van der Waals surface area contributed by atoms with Crippen molar-refractivity contribution in [1.29, 1.82) is 0 Å². The number of para-hydroxylation sites is 1. The zero-order chi connectivity index (χ0) is 17.3. The smallest absolute Gasteiger partial charge is 0.307 e. The molecule has 0 aliphatic carbocycles. The molecule has 0 saturated carbocycles. The fourth-order valence-electron chi connectivity index (χ4n) is 2.90. The van der Waals surface area contributed by atoms with Gasteiger partial charge < -0.3 is 14.6 Å². The predicted molar refractivity (Wildman–Crippen MR) is 94.6 cm³/mol. The molecule has 0 radical (unpaired) electrons. The molecular weight excluding hydrogens is 325 g/mol. The van der Waals surface area contributed by atoms with Gasteiger partial charge in [0, 0.05) is 17.2 Å². The number of aliphatic carboxylic acids is 1. The van der Waals surface area contributed by atoms with Crippen LogP contribution in [0.15, 0.2) is 42.5 Å². The van der Waals surface area contributed by atoms with Crippen LogP contribution in [0.25, 0.3) is 0 Å². The number of carbonyl (C=O) groups is 1. The van der Waals surface area contributed by atoms with Crippen LogP contribution in [0.2, 0.25) is 0 Å². The number of nitrogens with one attached hydrogen (secondary N) is 1. The average molecular weight is 345 g/mol. The van der Waals surface area contributed by atoms with Crippen LogP contribution in [0.1, 0.15) is 37.4 Å². The molecule has 0 saturated heterocycles. The third kappa shape index (κ3) is 3.37. The quantitative estimate of drug-likeness (QED) is 0.805. The highest BCUT2D eigenvalue weighted by Gasteiger charge is 2.28. The Balaban J connectivity index is 1.91. The van der Waals surface area contributed by atoms with Crippen LogP contribution in [0.5, 0.6) is 17.2 Å². The number of rotatable bonds is 5. The van der Waals surface area contributed by atoms with E-state index >= 15 is 0 Å². The summed E-state index contributed by atoms with van der Waals surface area (Å²) in [6.45, 7) is 3.51. The molecule has 0 amide bonds. The molecule has 1 heterocycles. The fourth-order valence-corrected chi connectivity index (χ4v) is 3.26. The zero-order valence-electron chi connectivity index (χ0n) is 13.6. The summed E-state index contributed by atoms with van der Waals surface area (Å²) in [5, 5.41) is 12.2. The van der Waals surface area contributed by atoms with Crippen molar-refractivity contribution < 1.29 is 19.4 Å². The van der Waals surface area contributed by atoms with Crippen molar-refractivity contribution in [3.8, 4) is 17.2 Å². The molecule has 1 aliphatic heterocycles. The highest BCUT2D eigenvalue weighted by atomic mass is 31.0. The maximum absolute atomic E-state index is 10.9. The number of benzene rings is 2. The minimum atomic E-state index is -0.893. The van der Waals surface area contributed by atoms with Gasteiger partial charge in [-0.25, -0.2) is 0 Å². The van der Waals surface area contributed by atoms with E-state index in [1.165, 1.54) is 0 Å². The lowest BCUT2D eigenvalue weighted by Gasteiger charge is -2.29. The molecule has 2 atom stereocenters. The zero-order valence-corrected chi connectivity index (χ0v) is 14.7. The third-order valence-corrected chi connectivity index (χ3v) is 4.22. The highest BCUT2D eigenvalue weighted by Crippen LogP contribution is 2.44. The van der Waals surface area contributed by atoms with Crippen LogP contribution in [0, 0.1) is 0 Å². The van der Waals surface area contributed by atoms with Crippen molar-refractivity contribution in [3.63, 3.8) is 0 Å². The lowest BCUT2D eigenvalue weighted by molar-refractivity contribution is -0.140. The van der Waals surface area contributed by atoms with Crippen LogP contribution in [0.3, 0.4) is 0 Å². The number of carboxylic acid groups (broad SMARTS) is 1. The second-order valence-corrected chi connectivity index (χ2v) is 6.70. The van der Waals surface area contributed by atoms with Crippen molar-refractivity contribution in [3.05, 3.63) is 53.6 Å². The molecule has 0 aromatic heterocycles. The first-order chi connectivity index (χ1) is 11.4. The van der Waals surface area contributed by atoms with Crippen molar-refractivity contribution in [1.82, 2.24) is 5.09 Å². The first-order valence-corrected chi connectivity index (χ1v) is 8.25. The standard InChI is InChI=1S/C18H20NO4P/c1-18(2,10-16(20)21)23-11-7-8-13-15(9-11)22-14-6-4-3-5-12(14)17(13)19-24/h3-9,17,19H,10,24H2,1-2H3,(H,20,21). The average Bonchev–Trinajstić information content (AvgIpc) is 2.50. The molecule has 2 unspecified atom stereocenters. The summed E-state index contributed by atoms with van der Waals surface area (Å²) in [6.07, 6.45) is -0.0798. The topological polar surface area (TPSA) is 67.8 Å². The van der Waals surface area contributed by atoms with Gasteiger partial charge in [-0.1, -0.05) is 27.6 Å². The molecule has 2 aromatic rings. The minimum absolute atomic E-state index is 0.0102. The van der Waals surface area contributed by atoms with Crippen LogP contribution >= 0.6 is 9.39 Å². The van der Waals surface area contributed by atoms with E-state index in [2.05, 4.69) is 14.5 Å². The van der Waals surface area contributed by atoms with E-state index in [1.807, 2.05) is 42.5 Å². The summed E-state index contributed by atoms with van der Waals surface area (Å²) in [5.74, 6) is 1.20. The Hall–Kier alpha value is -2.10. The minimum Gasteiger partial charge on any atom is -0.487 e. The van der Waals surface area contributed by atoms with Gasteiger partial charge in [-0.3, -0.25) is 9.88 Å². The molecule has 2 N–H and O–H groups in total. The predicted octanol–water partition coefficient (Wildman–Crippen LogP) is 3.89. The van der Waals surface area contributed by atoms with Gasteiger partial charge in [0.1, 0.15) is 22.8 Å². The Kier molecular flexibility index (Phi) is 4.48. The lowest BCUT2D eigenvalue weighted by Crippen LogP contribution is -2.31. The van der Waals surface area contributed by atoms with Gasteiger partial charge in [-0.2, -0.15) is 0 Å². The molecule has 2 aromatic carbocycles. The van der Waals surface area contributed by atoms with Crippen molar-refractivity contribution in [2.45, 2.75) is 31.9 Å². The number of hydrogen-bond donors (Lipinski definition) is 2. The Labute approximate surface area is 143 Å². The van der Waals surface area contributed by atoms with Crippen LogP contribution < -0.4 is 14.6 Å². The molecular formula is C18H20NO4P. The SMILES string of the molecule is CC(C)(CC(=O)O)Oc1ccc2c(c1)Oc1ccccc1C2NP. The molecule has 6 heteroatoms. The van der Waals surface area contributed by atoms with Gasteiger partial charge >= 0.3 is 5.97 Å². The Morgan fingerprint density at radius 2 is 1.96 bits per heavy atom. The molecule has 1 aliphatic rings. The van der Waals surface area contributed by atoms with Gasteiger partial charge in [-0.15, -0.1) is 0 Å². The number of ether oxygens (including phenoxy) is 2. The summed E-state index contributed by atoms with van der Waals surface area (Å²) in [6, 6.07) is 13.5. The molecule has 3 rings (SSSR count). The fraction of sp³-hybridized carbons (Fsp3) is 0.278. The normalized spacial score (nSPS) is 15.9. The van der Waals surface area contributed by atoms with E-state index in [0.717, 1.165) is 16.9 Å². The largest absolute Gasteiger partial charge is 0.487 e. The number of fused-ring (bicyclic) bond motifs is 2. The summed E-state index contributed by atoms with van der Waals surface area (Å²) in [4.78, 5) is 10.9. The van der Waals surface area contributed by atoms with Crippen molar-refractivity contribution >= 4 is 15.4 Å². The molecule has 0 spiro atoms. The van der Waals surface area contributed by atoms with Gasteiger partial charge in [0.2, 0.25) is 0 Å². The van der Waals surface area contributed by atoms with E-state index < -0.39 is 11.6 Å². The Morgan fingerprint density at radius 1 is 1.25 bits per heavy atom. The van der Waals surface area contributed by atoms with Crippen LogP contribution in [-0.4, -0.2) is 16.7 Å². The van der Waals surface area contributed by atoms with Gasteiger partial charge in [-0.05, 0) is 32.0 Å². The van der Waals surface area contributed by atoms with Gasteiger partial charge in [0.25, 0.3) is 0 Å². The summed E-state index contributed by atoms with van der Waals surface area (Å²) >= 11 is 0. The van der Waals surface area contributed by atoms with Crippen LogP contribution in [0.4, 0.5) is 0 Å². The molecule has 5 nitrogen and oxygen atoms in total. The van der Waals surface area contributed by atoms with E-state index in [4.69, 9.17) is 14.6 Å². The van der Waals surface area contributed by atoms with Gasteiger partial charge in [0.15, 0.2) is 0 Å². The summed E-state index contributed by atoms with van der Waals surface area (Å²) in [5.41, 5.74) is 1.28. The van der Waals surface area contributed by atoms with E-state index in [9.17, 15) is 4.79 Å². The number of hydrogen-bond acceptors (Lipinski definition) is 4. The van der Waals surface area contributed by atoms with Crippen LogP contribution in [-0.2, 0) is 4.79 Å². The highest BCUT2D eigenvalue weighted by molar-refractivity contribution is 7.13. The first kappa shape index (κ1) is 16.7. The Bertz CT molecular complexity index is 775. The maximum atomic E-state index is 10.9. The number of carboxylic acids is 1. The molecule has 24 heavy (non-hydrogen) atoms. The van der Waals surface area contributed by atoms with E-state index in [1.54, 1.807) is 13.8 Å². The van der Waals surface area contributed by atoms with E-state index in [0.29, 0.717) is 11.5 Å². The Morgan fingerprint density at radius 3 is 2.67 bits per heavy atom. The lowest BCUT2D eigenvalue weighted by atomic mass is 9.95. The van der Waals surface area contributed by atoms with Gasteiger partial charge in [0.05, 0.1) is 12.5 Å². The third-order valence-electron chi connectivity index (χ3n) is 3.88. The first-order valence-electron chi connectivity index (χ1n) is 7.67. The van der Waals surface area contributed by atoms with E-state index in [-0.39, 0.29) is 12.5 Å². The second kappa shape index (κ2) is 6.42. The molecule has 0 bridgehead atoms. The monoisotopic (exact) mass is 345 g/mol. The second-order valence-electron chi connectivity index (χ2n) is 6.37. The molecule has 0 fully saturated rings. The summed E-state index contributed by atoms with van der Waals surface area (Å²) < 4.78 is 11.8. The van der Waals surface area contributed by atoms with Crippen molar-refractivity contribution in [2.24, 2.45) is 0 Å². The summed E-state index contributed by atoms with van der Waals surface area (Å²) in [7, 11) is 2.55. The maximum Gasteiger partial charge on any atom is 0.307 e.